The standard InChI is InChI=1S/C14H16O6/c1-2-3-13(16)20-12-6-4-11(5-7-12)14(17)19-9-8-18-10-15/h4-7,10H,2-3,8-9H2,1H3. The van der Waals surface area contributed by atoms with E-state index >= 15 is 0 Å². The molecule has 0 amide bonds. The fraction of sp³-hybridized carbons (Fsp3) is 0.357. The molecule has 0 heterocycles. The van der Waals surface area contributed by atoms with Crippen molar-refractivity contribution in [2.24, 2.45) is 0 Å². The van der Waals surface area contributed by atoms with Crippen LogP contribution in [0.15, 0.2) is 24.3 Å². The lowest BCUT2D eigenvalue weighted by molar-refractivity contribution is -0.134. The zero-order chi connectivity index (χ0) is 14.8. The van der Waals surface area contributed by atoms with Crippen LogP contribution >= 0.6 is 0 Å². The van der Waals surface area contributed by atoms with Crippen LogP contribution in [0, 0.1) is 0 Å². The van der Waals surface area contributed by atoms with Crippen molar-refractivity contribution in [1.82, 2.24) is 0 Å². The van der Waals surface area contributed by atoms with E-state index < -0.39 is 5.97 Å². The molecule has 6 heteroatoms. The topological polar surface area (TPSA) is 78.9 Å². The predicted molar refractivity (Wildman–Crippen MR) is 69.3 cm³/mol. The van der Waals surface area contributed by atoms with Gasteiger partial charge in [-0.05, 0) is 30.7 Å². The quantitative estimate of drug-likeness (QED) is 0.312. The van der Waals surface area contributed by atoms with E-state index in [-0.39, 0.29) is 25.7 Å². The molecule has 0 bridgehead atoms. The molecule has 108 valence electrons. The van der Waals surface area contributed by atoms with Gasteiger partial charge in [0.25, 0.3) is 6.47 Å². The molecule has 0 radical (unpaired) electrons. The first-order chi connectivity index (χ1) is 9.67. The Morgan fingerprint density at radius 3 is 2.45 bits per heavy atom. The number of hydrogen-bond acceptors (Lipinski definition) is 6. The summed E-state index contributed by atoms with van der Waals surface area (Å²) in [5, 5.41) is 0. The van der Waals surface area contributed by atoms with Crippen molar-refractivity contribution in [3.63, 3.8) is 0 Å². The van der Waals surface area contributed by atoms with Crippen molar-refractivity contribution in [2.75, 3.05) is 13.2 Å². The van der Waals surface area contributed by atoms with Gasteiger partial charge in [0.1, 0.15) is 19.0 Å². The van der Waals surface area contributed by atoms with Gasteiger partial charge in [-0.3, -0.25) is 9.59 Å². The van der Waals surface area contributed by atoms with E-state index in [0.717, 1.165) is 0 Å². The minimum atomic E-state index is -0.536. The van der Waals surface area contributed by atoms with E-state index in [1.54, 1.807) is 0 Å². The van der Waals surface area contributed by atoms with Crippen LogP contribution in [0.1, 0.15) is 30.1 Å². The Hall–Kier alpha value is -2.37. The Kier molecular flexibility index (Phi) is 6.81. The van der Waals surface area contributed by atoms with Crippen LogP contribution in [-0.4, -0.2) is 31.6 Å². The Morgan fingerprint density at radius 1 is 1.15 bits per heavy atom. The van der Waals surface area contributed by atoms with E-state index in [4.69, 9.17) is 9.47 Å². The molecule has 0 aliphatic heterocycles. The smallest absolute Gasteiger partial charge is 0.338 e. The van der Waals surface area contributed by atoms with E-state index in [9.17, 15) is 14.4 Å². The number of carbonyl (C=O) groups is 3. The van der Waals surface area contributed by atoms with Crippen molar-refractivity contribution >= 4 is 18.4 Å². The second-order valence-corrected chi connectivity index (χ2v) is 3.85. The number of carbonyl (C=O) groups excluding carboxylic acids is 3. The molecular weight excluding hydrogens is 264 g/mol. The third-order valence-corrected chi connectivity index (χ3v) is 2.28. The molecule has 0 unspecified atom stereocenters. The summed E-state index contributed by atoms with van der Waals surface area (Å²) in [4.78, 5) is 32.7. The maximum absolute atomic E-state index is 11.6. The summed E-state index contributed by atoms with van der Waals surface area (Å²) >= 11 is 0. The number of ether oxygens (including phenoxy) is 3. The van der Waals surface area contributed by atoms with Crippen molar-refractivity contribution in [1.29, 1.82) is 0 Å². The molecule has 1 aromatic carbocycles. The number of benzene rings is 1. The molecule has 0 N–H and O–H groups in total. The van der Waals surface area contributed by atoms with Crippen molar-refractivity contribution in [2.45, 2.75) is 19.8 Å². The largest absolute Gasteiger partial charge is 0.464 e. The molecule has 0 fully saturated rings. The lowest BCUT2D eigenvalue weighted by Crippen LogP contribution is -2.11. The summed E-state index contributed by atoms with van der Waals surface area (Å²) in [7, 11) is 0. The second-order valence-electron chi connectivity index (χ2n) is 3.85. The molecule has 1 rings (SSSR count). The van der Waals surface area contributed by atoms with Crippen LogP contribution in [-0.2, 0) is 19.1 Å². The monoisotopic (exact) mass is 280 g/mol. The molecule has 0 spiro atoms. The lowest BCUT2D eigenvalue weighted by Gasteiger charge is -2.06. The Labute approximate surface area is 116 Å². The molecule has 0 aliphatic carbocycles. The first-order valence-corrected chi connectivity index (χ1v) is 6.20. The number of hydrogen-bond donors (Lipinski definition) is 0. The average molecular weight is 280 g/mol. The highest BCUT2D eigenvalue weighted by Crippen LogP contribution is 2.14. The Bertz CT molecular complexity index is 451. The van der Waals surface area contributed by atoms with Gasteiger partial charge in [-0.2, -0.15) is 0 Å². The number of rotatable bonds is 8. The van der Waals surface area contributed by atoms with Gasteiger partial charge in [0, 0.05) is 6.42 Å². The SMILES string of the molecule is CCCC(=O)Oc1ccc(C(=O)OCCOC=O)cc1. The summed E-state index contributed by atoms with van der Waals surface area (Å²) < 4.78 is 14.3. The fourth-order valence-electron chi connectivity index (χ4n) is 1.36. The Balaban J connectivity index is 2.46. The lowest BCUT2D eigenvalue weighted by atomic mass is 10.2. The Morgan fingerprint density at radius 2 is 1.85 bits per heavy atom. The van der Waals surface area contributed by atoms with Crippen LogP contribution in [0.5, 0.6) is 5.75 Å². The van der Waals surface area contributed by atoms with Crippen LogP contribution in [0.4, 0.5) is 0 Å². The normalized spacial score (nSPS) is 9.65. The van der Waals surface area contributed by atoms with Gasteiger partial charge in [-0.25, -0.2) is 4.79 Å². The van der Waals surface area contributed by atoms with E-state index in [0.29, 0.717) is 24.2 Å². The molecular formula is C14H16O6. The highest BCUT2D eigenvalue weighted by molar-refractivity contribution is 5.89. The molecule has 0 saturated heterocycles. The maximum atomic E-state index is 11.6. The van der Waals surface area contributed by atoms with Crippen molar-refractivity contribution < 1.29 is 28.6 Å². The van der Waals surface area contributed by atoms with Crippen LogP contribution in [0.3, 0.4) is 0 Å². The highest BCUT2D eigenvalue weighted by atomic mass is 16.6. The van der Waals surface area contributed by atoms with Crippen molar-refractivity contribution in [3.8, 4) is 5.75 Å². The second kappa shape index (κ2) is 8.68. The average Bonchev–Trinajstić information content (AvgIpc) is 2.44. The highest BCUT2D eigenvalue weighted by Gasteiger charge is 2.08. The molecule has 1 aromatic rings. The fourth-order valence-corrected chi connectivity index (χ4v) is 1.36. The number of esters is 2. The van der Waals surface area contributed by atoms with Gasteiger partial charge < -0.3 is 14.2 Å². The summed E-state index contributed by atoms with van der Waals surface area (Å²) in [6.07, 6.45) is 1.06. The summed E-state index contributed by atoms with van der Waals surface area (Å²) in [6, 6.07) is 6.03. The summed E-state index contributed by atoms with van der Waals surface area (Å²) in [6.45, 7) is 2.18. The first-order valence-electron chi connectivity index (χ1n) is 6.20. The minimum Gasteiger partial charge on any atom is -0.464 e. The van der Waals surface area contributed by atoms with Crippen LogP contribution in [0.2, 0.25) is 0 Å². The zero-order valence-electron chi connectivity index (χ0n) is 11.2. The van der Waals surface area contributed by atoms with Gasteiger partial charge in [-0.15, -0.1) is 0 Å². The predicted octanol–water partition coefficient (Wildman–Crippen LogP) is 1.72. The molecule has 20 heavy (non-hydrogen) atoms. The van der Waals surface area contributed by atoms with Gasteiger partial charge in [0.2, 0.25) is 0 Å². The van der Waals surface area contributed by atoms with E-state index in [1.165, 1.54) is 24.3 Å². The minimum absolute atomic E-state index is 0.00912. The summed E-state index contributed by atoms with van der Waals surface area (Å²) in [5.74, 6) is -0.468. The van der Waals surface area contributed by atoms with Crippen LogP contribution < -0.4 is 4.74 Å². The molecule has 6 nitrogen and oxygen atoms in total. The molecule has 0 atom stereocenters. The third-order valence-electron chi connectivity index (χ3n) is 2.28. The van der Waals surface area contributed by atoms with Gasteiger partial charge in [0.15, 0.2) is 0 Å². The molecule has 0 aromatic heterocycles. The van der Waals surface area contributed by atoms with Gasteiger partial charge >= 0.3 is 11.9 Å². The van der Waals surface area contributed by atoms with E-state index in [2.05, 4.69) is 4.74 Å². The van der Waals surface area contributed by atoms with E-state index in [1.807, 2.05) is 6.92 Å². The maximum Gasteiger partial charge on any atom is 0.338 e. The molecule has 0 aliphatic rings. The van der Waals surface area contributed by atoms with Crippen molar-refractivity contribution in [3.05, 3.63) is 29.8 Å². The zero-order valence-corrected chi connectivity index (χ0v) is 11.2. The van der Waals surface area contributed by atoms with Crippen LogP contribution in [0.25, 0.3) is 0 Å². The first kappa shape index (κ1) is 15.7. The third kappa shape index (κ3) is 5.51. The van der Waals surface area contributed by atoms with Gasteiger partial charge in [-0.1, -0.05) is 6.92 Å². The molecule has 0 saturated carbocycles. The van der Waals surface area contributed by atoms with Gasteiger partial charge in [0.05, 0.1) is 5.56 Å². The summed E-state index contributed by atoms with van der Waals surface area (Å²) in [5.41, 5.74) is 0.325.